The highest BCUT2D eigenvalue weighted by atomic mass is 33.1. The van der Waals surface area contributed by atoms with E-state index >= 15 is 0 Å². The molecule has 1 amide bonds. The van der Waals surface area contributed by atoms with Crippen LogP contribution in [0, 0.1) is 0 Å². The fourth-order valence-electron chi connectivity index (χ4n) is 11.7. The summed E-state index contributed by atoms with van der Waals surface area (Å²) in [4.78, 5) is 134. The number of hydrogen-bond donors (Lipinski definition) is 9. The Morgan fingerprint density at radius 3 is 1.12 bits per heavy atom. The van der Waals surface area contributed by atoms with E-state index in [9.17, 15) is 88.5 Å². The summed E-state index contributed by atoms with van der Waals surface area (Å²) in [5.41, 5.74) is 2.47. The Bertz CT molecular complexity index is 6090. The summed E-state index contributed by atoms with van der Waals surface area (Å²) in [6.45, 7) is 0. The molecule has 644 valence electrons. The first-order valence-corrected chi connectivity index (χ1v) is 41.8. The van der Waals surface area contributed by atoms with Crippen LogP contribution in [0.3, 0.4) is 0 Å². The lowest BCUT2D eigenvalue weighted by Gasteiger charge is -2.13. The molecule has 12 aromatic carbocycles. The number of phenols is 6. The van der Waals surface area contributed by atoms with Crippen molar-refractivity contribution in [1.29, 1.82) is 0 Å². The number of unbranched alkanes of at least 4 members (excludes halogenated alkanes) is 1. The normalized spacial score (nSPS) is 12.9. The average molecular weight is 1770 g/mol. The number of phenolic OH excluding ortho intramolecular Hbond substituents is 6. The van der Waals surface area contributed by atoms with Crippen LogP contribution in [0.25, 0.3) is 24.3 Å². The summed E-state index contributed by atoms with van der Waals surface area (Å²) in [5, 5.41) is 79.0. The maximum absolute atomic E-state index is 12.9. The fourth-order valence-corrected chi connectivity index (χ4v) is 15.6. The first-order valence-electron chi connectivity index (χ1n) is 38.4. The standard InChI is InChI=1S/2C28H20O7.C22H22O6S2.C18H13NO7S/c29-20-15-19(16-21(30)17-20)10-9-18-11-13-22(14-12-18)34-28(33)24-6-2-4-8-26(24)35-27(32)23-5-1-3-7-25(23)31;29-20-13-11-18(12-14-20)9-10-19-15-21(30)17-22(16-19)34-28(33)24-6-2-4-8-26(24)35-27(32)23-5-1-3-7-25(23)31;23-20(12-6-1-7-15-13-14-29-30-15)27-19-11-5-3-9-17(19)22(26)28-18-10-4-2-8-16(18)21(24)25;20-14-9-27-15(19-14)18(24)26-13-8-4-2-6-11(13)17(23)25-12-7-3-1-5-10(12)16(21)22/h2*1-17,29-31H;2-5,8-11,15H,1,6-7,12-14H2,(H,24,25);1-8,15H,9H2,(H,19,20)(H,21,22)/b2*10-9+;;. The van der Waals surface area contributed by atoms with Gasteiger partial charge in [0.25, 0.3) is 0 Å². The molecule has 2 atom stereocenters. The predicted molar refractivity (Wildman–Crippen MR) is 471 cm³/mol. The zero-order valence-corrected chi connectivity index (χ0v) is 69.0. The lowest BCUT2D eigenvalue weighted by molar-refractivity contribution is -0.136. The van der Waals surface area contributed by atoms with Crippen LogP contribution >= 0.6 is 33.3 Å². The second-order valence-electron chi connectivity index (χ2n) is 27.1. The highest BCUT2D eigenvalue weighted by molar-refractivity contribution is 8.77. The number of carboxylic acids is 2. The van der Waals surface area contributed by atoms with Gasteiger partial charge in [0.05, 0.1) is 5.75 Å². The topological polar surface area (TPSA) is 435 Å². The molecule has 0 aromatic heterocycles. The molecule has 0 saturated carbocycles. The monoisotopic (exact) mass is 1770 g/mol. The average Bonchev–Trinajstić information content (AvgIpc) is 0.859. The third-order valence-electron chi connectivity index (χ3n) is 17.9. The van der Waals surface area contributed by atoms with Crippen LogP contribution in [0.2, 0.25) is 0 Å². The molecule has 0 radical (unpaired) electrons. The van der Waals surface area contributed by atoms with Gasteiger partial charge < -0.3 is 84.1 Å². The maximum atomic E-state index is 12.9. The van der Waals surface area contributed by atoms with Crippen molar-refractivity contribution in [2.75, 3.05) is 11.5 Å². The van der Waals surface area contributed by atoms with E-state index in [0.29, 0.717) is 16.4 Å². The van der Waals surface area contributed by atoms with Crippen LogP contribution in [0.5, 0.6) is 80.5 Å². The minimum atomic E-state index is -1.24. The minimum Gasteiger partial charge on any atom is -0.508 e. The van der Waals surface area contributed by atoms with Crippen molar-refractivity contribution in [2.45, 2.75) is 42.7 Å². The molecule has 2 saturated heterocycles. The van der Waals surface area contributed by atoms with Crippen LogP contribution in [0.15, 0.2) is 279 Å². The molecule has 2 heterocycles. The Labute approximate surface area is 736 Å². The highest BCUT2D eigenvalue weighted by Gasteiger charge is 2.32. The molecular formula is C96H75NO27S3. The SMILES string of the molecule is O=C(CCCCC1CCSS1)Oc1ccccc1C(=O)Oc1ccccc1C(=O)O.O=C(Oc1ccccc1C(=O)Oc1cc(O)cc(/C=C/c2ccc(O)cc2)c1)c1ccccc1O.O=C(Oc1ccccc1C(=O)Oc1ccc(/C=C/c2cc(O)cc(O)c2)cc1)c1ccccc1O.O=C1CSC(C(=O)Oc2ccccc2C(=O)Oc2ccccc2C(=O)O)N1. The summed E-state index contributed by atoms with van der Waals surface area (Å²) in [6.07, 6.45) is 11.3. The maximum Gasteiger partial charge on any atom is 0.347 e. The summed E-state index contributed by atoms with van der Waals surface area (Å²) in [7, 11) is 3.83. The molecule has 2 aliphatic heterocycles. The van der Waals surface area contributed by atoms with Gasteiger partial charge in [-0.1, -0.05) is 174 Å². The van der Waals surface area contributed by atoms with Gasteiger partial charge in [0.1, 0.15) is 125 Å². The lowest BCUT2D eigenvalue weighted by Crippen LogP contribution is -2.35. The minimum absolute atomic E-state index is 0.000303. The van der Waals surface area contributed by atoms with E-state index in [0.717, 1.165) is 42.2 Å². The van der Waals surface area contributed by atoms with E-state index in [-0.39, 0.29) is 143 Å². The number of ether oxygens (including phenoxy) is 8. The number of para-hydroxylation sites is 8. The second kappa shape index (κ2) is 45.3. The summed E-state index contributed by atoms with van der Waals surface area (Å²) in [6, 6.07) is 69.6. The van der Waals surface area contributed by atoms with Gasteiger partial charge in [0.15, 0.2) is 5.37 Å². The van der Waals surface area contributed by atoms with Gasteiger partial charge in [-0.05, 0) is 187 Å². The first kappa shape index (κ1) is 91.9. The number of aromatic carboxylic acids is 2. The van der Waals surface area contributed by atoms with Gasteiger partial charge in [0, 0.05) is 29.6 Å². The Morgan fingerprint density at radius 1 is 0.346 bits per heavy atom. The van der Waals surface area contributed by atoms with Gasteiger partial charge in [-0.15, -0.1) is 11.8 Å². The molecule has 127 heavy (non-hydrogen) atoms. The molecule has 2 aliphatic rings. The molecule has 0 bridgehead atoms. The molecule has 14 rings (SSSR count). The van der Waals surface area contributed by atoms with Crippen molar-refractivity contribution in [3.8, 4) is 80.5 Å². The number of carbonyl (C=O) groups excluding carboxylic acids is 9. The van der Waals surface area contributed by atoms with Gasteiger partial charge in [0.2, 0.25) is 5.91 Å². The number of aromatic hydroxyl groups is 6. The predicted octanol–water partition coefficient (Wildman–Crippen LogP) is 17.7. The largest absolute Gasteiger partial charge is 0.508 e. The van der Waals surface area contributed by atoms with E-state index in [4.69, 9.17) is 43.0 Å². The van der Waals surface area contributed by atoms with Crippen molar-refractivity contribution < 1.29 is 131 Å². The lowest BCUT2D eigenvalue weighted by atomic mass is 10.1. The van der Waals surface area contributed by atoms with E-state index in [1.54, 1.807) is 164 Å². The van der Waals surface area contributed by atoms with Crippen LogP contribution in [0.4, 0.5) is 0 Å². The Morgan fingerprint density at radius 2 is 0.701 bits per heavy atom. The second-order valence-corrected chi connectivity index (χ2v) is 30.9. The first-order chi connectivity index (χ1) is 61.3. The van der Waals surface area contributed by atoms with Crippen molar-refractivity contribution >= 4 is 123 Å². The quantitative estimate of drug-likeness (QED) is 0.00799. The number of benzene rings is 12. The molecule has 31 heteroatoms. The van der Waals surface area contributed by atoms with E-state index in [1.165, 1.54) is 152 Å². The van der Waals surface area contributed by atoms with Gasteiger partial charge in [-0.3, -0.25) is 9.59 Å². The molecule has 9 N–H and O–H groups in total. The molecule has 0 aliphatic carbocycles. The number of rotatable bonds is 26. The van der Waals surface area contributed by atoms with Crippen molar-refractivity contribution in [3.63, 3.8) is 0 Å². The number of carbonyl (C=O) groups is 11. The van der Waals surface area contributed by atoms with E-state index in [2.05, 4.69) is 5.32 Å². The molecule has 12 aromatic rings. The third kappa shape index (κ3) is 27.3. The molecule has 0 spiro atoms. The Kier molecular flexibility index (Phi) is 32.8. The highest BCUT2D eigenvalue weighted by Crippen LogP contribution is 2.40. The number of nitrogens with one attached hydrogen (secondary N) is 1. The van der Waals surface area contributed by atoms with E-state index in [1.807, 2.05) is 21.6 Å². The van der Waals surface area contributed by atoms with Crippen molar-refractivity contribution in [2.24, 2.45) is 0 Å². The smallest absolute Gasteiger partial charge is 0.347 e. The third-order valence-corrected chi connectivity index (χ3v) is 22.0. The fraction of sp³-hybridized carbons (Fsp3) is 0.0938. The van der Waals surface area contributed by atoms with Crippen LogP contribution in [-0.4, -0.2) is 129 Å². The number of amides is 1. The zero-order valence-electron chi connectivity index (χ0n) is 66.5. The summed E-state index contributed by atoms with van der Waals surface area (Å²) in [5.74, 6) is -7.69. The molecule has 2 fully saturated rings. The summed E-state index contributed by atoms with van der Waals surface area (Å²) < 4.78 is 42.6. The number of carboxylic acid groups (broad SMARTS) is 2. The van der Waals surface area contributed by atoms with Gasteiger partial charge >= 0.3 is 59.7 Å². The number of esters is 8. The Hall–Kier alpha value is -15.9. The summed E-state index contributed by atoms with van der Waals surface area (Å²) >= 11 is 1.08. The van der Waals surface area contributed by atoms with E-state index < -0.39 is 65.1 Å². The molecule has 2 unspecified atom stereocenters. The Balaban J connectivity index is 0.000000165. The van der Waals surface area contributed by atoms with Crippen LogP contribution in [-0.2, 0) is 14.4 Å². The van der Waals surface area contributed by atoms with Crippen molar-refractivity contribution in [3.05, 3.63) is 346 Å². The number of hydrogen-bond acceptors (Lipinski definition) is 28. The number of thioether (sulfide) groups is 1. The zero-order chi connectivity index (χ0) is 90.3. The molecular weight excluding hydrogens is 1700 g/mol. The van der Waals surface area contributed by atoms with Gasteiger partial charge in [-0.25, -0.2) is 43.2 Å². The van der Waals surface area contributed by atoms with Crippen LogP contribution in [0.1, 0.15) is 137 Å². The molecule has 28 nitrogen and oxygen atoms in total. The van der Waals surface area contributed by atoms with Crippen molar-refractivity contribution in [1.82, 2.24) is 5.32 Å². The van der Waals surface area contributed by atoms with Crippen LogP contribution < -0.4 is 43.2 Å². The van der Waals surface area contributed by atoms with Gasteiger partial charge in [-0.2, -0.15) is 0 Å².